The fraction of sp³-hybridized carbons (Fsp3) is 0.179. The number of hydrogen-bond donors (Lipinski definition) is 1. The Morgan fingerprint density at radius 3 is 2.47 bits per heavy atom. The molecule has 0 radical (unpaired) electrons. The van der Waals surface area contributed by atoms with E-state index in [1.807, 2.05) is 61.5 Å². The summed E-state index contributed by atoms with van der Waals surface area (Å²) in [6, 6.07) is 20.2. The van der Waals surface area contributed by atoms with Crippen LogP contribution in [0.2, 0.25) is 0 Å². The molecule has 38 heavy (non-hydrogen) atoms. The first-order chi connectivity index (χ1) is 18.4. The Kier molecular flexibility index (Phi) is 9.29. The summed E-state index contributed by atoms with van der Waals surface area (Å²) in [5.74, 6) is 1.27. The number of aliphatic imine (C=N–C) groups is 1. The highest BCUT2D eigenvalue weighted by Gasteiger charge is 2.32. The van der Waals surface area contributed by atoms with E-state index in [9.17, 15) is 9.59 Å². The largest absolute Gasteiger partial charge is 0.497 e. The number of anilines is 1. The molecule has 2 amide bonds. The summed E-state index contributed by atoms with van der Waals surface area (Å²) in [7, 11) is 3.15. The molecule has 0 bridgehead atoms. The van der Waals surface area contributed by atoms with E-state index in [2.05, 4.69) is 32.9 Å². The van der Waals surface area contributed by atoms with Gasteiger partial charge in [-0.15, -0.1) is 0 Å². The van der Waals surface area contributed by atoms with Crippen LogP contribution >= 0.6 is 34.4 Å². The molecule has 0 spiro atoms. The molecule has 1 fully saturated rings. The Labute approximate surface area is 239 Å². The minimum absolute atomic E-state index is 0.114. The van der Waals surface area contributed by atoms with Crippen molar-refractivity contribution >= 4 is 68.8 Å². The van der Waals surface area contributed by atoms with Crippen LogP contribution in [0, 0.1) is 3.57 Å². The summed E-state index contributed by atoms with van der Waals surface area (Å²) < 4.78 is 17.3. The van der Waals surface area contributed by atoms with Crippen molar-refractivity contribution in [3.05, 3.63) is 80.8 Å². The maximum atomic E-state index is 13.1. The van der Waals surface area contributed by atoms with Gasteiger partial charge in [0.1, 0.15) is 5.75 Å². The second-order valence-corrected chi connectivity index (χ2v) is 10.2. The van der Waals surface area contributed by atoms with Gasteiger partial charge in [0.25, 0.3) is 11.8 Å². The fourth-order valence-corrected chi connectivity index (χ4v) is 5.45. The standard InChI is InChI=1S/C28H26IN3O5S/c1-4-32-27(34)24(38-28(32)31-20-10-12-21(35-2)13-11-20)16-18-14-22(29)26(23(15-18)36-3)37-17-25(33)30-19-8-6-5-7-9-19/h5-16H,4,17H2,1-3H3,(H,30,33)/b24-16+,31-28?. The minimum Gasteiger partial charge on any atom is -0.497 e. The third kappa shape index (κ3) is 6.67. The predicted molar refractivity (Wildman–Crippen MR) is 159 cm³/mol. The molecule has 10 heteroatoms. The first kappa shape index (κ1) is 27.5. The van der Waals surface area contributed by atoms with E-state index < -0.39 is 0 Å². The number of amides is 2. The highest BCUT2D eigenvalue weighted by molar-refractivity contribution is 14.1. The Hall–Kier alpha value is -3.51. The van der Waals surface area contributed by atoms with Gasteiger partial charge in [-0.2, -0.15) is 0 Å². The number of thioether (sulfide) groups is 1. The predicted octanol–water partition coefficient (Wildman–Crippen LogP) is 5.95. The molecule has 196 valence electrons. The van der Waals surface area contributed by atoms with E-state index in [0.717, 1.165) is 20.6 Å². The molecule has 1 aliphatic heterocycles. The number of benzene rings is 3. The van der Waals surface area contributed by atoms with Gasteiger partial charge in [-0.1, -0.05) is 18.2 Å². The highest BCUT2D eigenvalue weighted by atomic mass is 127. The molecule has 1 heterocycles. The number of ether oxygens (including phenoxy) is 3. The number of likely N-dealkylation sites (N-methyl/N-ethyl adjacent to an activating group) is 1. The first-order valence-corrected chi connectivity index (χ1v) is 13.6. The van der Waals surface area contributed by atoms with Crippen molar-refractivity contribution in [1.82, 2.24) is 4.90 Å². The lowest BCUT2D eigenvalue weighted by Gasteiger charge is -2.14. The molecule has 3 aromatic rings. The number of nitrogens with zero attached hydrogens (tertiary/aromatic N) is 2. The van der Waals surface area contributed by atoms with E-state index in [0.29, 0.717) is 33.8 Å². The average molecular weight is 644 g/mol. The lowest BCUT2D eigenvalue weighted by Crippen LogP contribution is -2.28. The number of para-hydroxylation sites is 1. The quantitative estimate of drug-likeness (QED) is 0.229. The van der Waals surface area contributed by atoms with Gasteiger partial charge in [0.15, 0.2) is 23.3 Å². The van der Waals surface area contributed by atoms with Crippen molar-refractivity contribution in [2.45, 2.75) is 6.92 Å². The average Bonchev–Trinajstić information content (AvgIpc) is 3.21. The van der Waals surface area contributed by atoms with Crippen molar-refractivity contribution < 1.29 is 23.8 Å². The molecule has 1 saturated heterocycles. The molecular weight excluding hydrogens is 617 g/mol. The maximum Gasteiger partial charge on any atom is 0.266 e. The highest BCUT2D eigenvalue weighted by Crippen LogP contribution is 2.38. The normalized spacial score (nSPS) is 15.2. The molecule has 1 aliphatic rings. The molecule has 1 N–H and O–H groups in total. The number of methoxy groups -OCH3 is 2. The molecule has 0 unspecified atom stereocenters. The van der Waals surface area contributed by atoms with E-state index in [4.69, 9.17) is 14.2 Å². The van der Waals surface area contributed by atoms with Crippen LogP contribution in [-0.2, 0) is 9.59 Å². The Bertz CT molecular complexity index is 1380. The van der Waals surface area contributed by atoms with Crippen molar-refractivity contribution in [3.8, 4) is 17.2 Å². The van der Waals surface area contributed by atoms with Crippen LogP contribution in [-0.4, -0.2) is 49.3 Å². The van der Waals surface area contributed by atoms with Crippen LogP contribution in [0.15, 0.2) is 76.6 Å². The molecule has 0 aliphatic carbocycles. The van der Waals surface area contributed by atoms with Crippen LogP contribution in [0.25, 0.3) is 6.08 Å². The number of carbonyl (C=O) groups excluding carboxylic acids is 2. The van der Waals surface area contributed by atoms with Gasteiger partial charge in [0, 0.05) is 12.2 Å². The third-order valence-corrected chi connectivity index (χ3v) is 7.26. The van der Waals surface area contributed by atoms with Crippen LogP contribution < -0.4 is 19.5 Å². The van der Waals surface area contributed by atoms with Gasteiger partial charge in [-0.3, -0.25) is 14.5 Å². The zero-order valence-corrected chi connectivity index (χ0v) is 24.0. The maximum absolute atomic E-state index is 13.1. The summed E-state index contributed by atoms with van der Waals surface area (Å²) in [5.41, 5.74) is 2.19. The number of amidine groups is 1. The summed E-state index contributed by atoms with van der Waals surface area (Å²) in [6.45, 7) is 2.24. The van der Waals surface area contributed by atoms with Crippen LogP contribution in [0.4, 0.5) is 11.4 Å². The lowest BCUT2D eigenvalue weighted by molar-refractivity contribution is -0.122. The number of halogens is 1. The van der Waals surface area contributed by atoms with Crippen LogP contribution in [0.1, 0.15) is 12.5 Å². The first-order valence-electron chi connectivity index (χ1n) is 11.7. The SMILES string of the molecule is CCN1C(=O)/C(=C\c2cc(I)c(OCC(=O)Nc3ccccc3)c(OC)c2)SC1=Nc1ccc(OC)cc1. The number of carbonyl (C=O) groups is 2. The second-order valence-electron chi connectivity index (χ2n) is 7.99. The molecular formula is C28H26IN3O5S. The number of hydrogen-bond acceptors (Lipinski definition) is 7. The van der Waals surface area contributed by atoms with Gasteiger partial charge < -0.3 is 19.5 Å². The third-order valence-electron chi connectivity index (χ3n) is 5.46. The summed E-state index contributed by atoms with van der Waals surface area (Å²) in [6.07, 6.45) is 1.81. The van der Waals surface area contributed by atoms with Gasteiger partial charge in [-0.05, 0) is 101 Å². The van der Waals surface area contributed by atoms with Crippen molar-refractivity contribution in [2.24, 2.45) is 4.99 Å². The molecule has 0 atom stereocenters. The van der Waals surface area contributed by atoms with Crippen molar-refractivity contribution in [2.75, 3.05) is 32.7 Å². The lowest BCUT2D eigenvalue weighted by atomic mass is 10.2. The van der Waals surface area contributed by atoms with Gasteiger partial charge >= 0.3 is 0 Å². The van der Waals surface area contributed by atoms with Gasteiger partial charge in [0.05, 0.1) is 28.4 Å². The zero-order valence-electron chi connectivity index (χ0n) is 21.1. The van der Waals surface area contributed by atoms with E-state index in [-0.39, 0.29) is 18.4 Å². The number of rotatable bonds is 9. The smallest absolute Gasteiger partial charge is 0.266 e. The number of nitrogens with one attached hydrogen (secondary N) is 1. The van der Waals surface area contributed by atoms with Gasteiger partial charge in [0.2, 0.25) is 0 Å². The second kappa shape index (κ2) is 12.8. The van der Waals surface area contributed by atoms with Gasteiger partial charge in [-0.25, -0.2) is 4.99 Å². The monoisotopic (exact) mass is 643 g/mol. The minimum atomic E-state index is -0.281. The summed E-state index contributed by atoms with van der Waals surface area (Å²) in [5, 5.41) is 3.40. The molecule has 3 aromatic carbocycles. The molecule has 0 saturated carbocycles. The van der Waals surface area contributed by atoms with Crippen LogP contribution in [0.5, 0.6) is 17.2 Å². The summed E-state index contributed by atoms with van der Waals surface area (Å²) >= 11 is 3.45. The molecule has 0 aromatic heterocycles. The van der Waals surface area contributed by atoms with Crippen molar-refractivity contribution in [1.29, 1.82) is 0 Å². The summed E-state index contributed by atoms with van der Waals surface area (Å²) in [4.78, 5) is 32.3. The van der Waals surface area contributed by atoms with Crippen molar-refractivity contribution in [3.63, 3.8) is 0 Å². The molecule has 4 rings (SSSR count). The van der Waals surface area contributed by atoms with E-state index in [1.165, 1.54) is 18.9 Å². The van der Waals surface area contributed by atoms with E-state index in [1.54, 1.807) is 30.2 Å². The van der Waals surface area contributed by atoms with Crippen LogP contribution in [0.3, 0.4) is 0 Å². The topological polar surface area (TPSA) is 89.5 Å². The fourth-order valence-electron chi connectivity index (χ4n) is 3.61. The Balaban J connectivity index is 1.51. The Morgan fingerprint density at radius 2 is 1.82 bits per heavy atom. The Morgan fingerprint density at radius 1 is 1.08 bits per heavy atom. The zero-order chi connectivity index (χ0) is 27.1. The van der Waals surface area contributed by atoms with E-state index >= 15 is 0 Å². The molecule has 8 nitrogen and oxygen atoms in total.